The van der Waals surface area contributed by atoms with Gasteiger partial charge in [0.25, 0.3) is 5.91 Å². The molecule has 22 heavy (non-hydrogen) atoms. The number of piperidine rings is 1. The molecule has 1 atom stereocenters. The Morgan fingerprint density at radius 3 is 2.59 bits per heavy atom. The van der Waals surface area contributed by atoms with Gasteiger partial charge in [-0.2, -0.15) is 0 Å². The third-order valence-electron chi connectivity index (χ3n) is 3.80. The Balaban J connectivity index is 2.03. The fourth-order valence-corrected chi connectivity index (χ4v) is 3.17. The first-order valence-corrected chi connectivity index (χ1v) is 9.06. The molecule has 1 fully saturated rings. The van der Waals surface area contributed by atoms with Crippen molar-refractivity contribution >= 4 is 35.2 Å². The molecule has 1 heterocycles. The fraction of sp³-hybridized carbons (Fsp3) is 0.500. The number of nitrogens with zero attached hydrogens (tertiary/aromatic N) is 1. The maximum atomic E-state index is 12.4. The Bertz CT molecular complexity index is 559. The lowest BCUT2D eigenvalue weighted by Crippen LogP contribution is -2.48. The third-order valence-corrected chi connectivity index (χ3v) is 4.86. The van der Waals surface area contributed by atoms with Crippen molar-refractivity contribution in [2.45, 2.75) is 37.1 Å². The molecule has 0 unspecified atom stereocenters. The zero-order valence-electron chi connectivity index (χ0n) is 12.9. The van der Waals surface area contributed by atoms with Crippen LogP contribution < -0.4 is 5.32 Å². The van der Waals surface area contributed by atoms with Crippen LogP contribution in [0, 0.1) is 0 Å². The van der Waals surface area contributed by atoms with Gasteiger partial charge in [-0.15, -0.1) is 11.8 Å². The summed E-state index contributed by atoms with van der Waals surface area (Å²) in [6.45, 7) is 3.28. The molecular formula is C16H21ClN2O2S. The number of amides is 2. The Morgan fingerprint density at radius 1 is 1.27 bits per heavy atom. The van der Waals surface area contributed by atoms with Crippen LogP contribution in [0.1, 0.15) is 36.5 Å². The molecule has 2 rings (SSSR count). The molecule has 2 amide bonds. The first-order chi connectivity index (χ1) is 10.5. The number of hydrogen-bond acceptors (Lipinski definition) is 3. The molecular weight excluding hydrogens is 320 g/mol. The van der Waals surface area contributed by atoms with Gasteiger partial charge in [0, 0.05) is 18.0 Å². The molecule has 0 radical (unpaired) electrons. The second kappa shape index (κ2) is 7.88. The molecule has 1 aliphatic heterocycles. The Hall–Kier alpha value is -1.20. The van der Waals surface area contributed by atoms with Crippen LogP contribution in [0.2, 0.25) is 5.02 Å². The van der Waals surface area contributed by atoms with Crippen molar-refractivity contribution in [2.75, 3.05) is 19.3 Å². The summed E-state index contributed by atoms with van der Waals surface area (Å²) in [4.78, 5) is 27.5. The Labute approximate surface area is 140 Å². The summed E-state index contributed by atoms with van der Waals surface area (Å²) in [5, 5.41) is 3.16. The maximum absolute atomic E-state index is 12.4. The van der Waals surface area contributed by atoms with Crippen molar-refractivity contribution in [1.82, 2.24) is 10.2 Å². The minimum Gasteiger partial charge on any atom is -0.341 e. The molecule has 1 saturated heterocycles. The van der Waals surface area contributed by atoms with Gasteiger partial charge in [0.05, 0.1) is 10.6 Å². The van der Waals surface area contributed by atoms with Gasteiger partial charge in [-0.3, -0.25) is 9.59 Å². The summed E-state index contributed by atoms with van der Waals surface area (Å²) >= 11 is 7.64. The van der Waals surface area contributed by atoms with Crippen LogP contribution in [0.15, 0.2) is 23.1 Å². The van der Waals surface area contributed by atoms with Gasteiger partial charge >= 0.3 is 0 Å². The van der Waals surface area contributed by atoms with Crippen LogP contribution in [-0.2, 0) is 4.79 Å². The SMILES string of the molecule is CSc1ccc(Cl)c(C(=O)N[C@@H](C)C(=O)N2CCCCC2)c1. The highest BCUT2D eigenvalue weighted by Crippen LogP contribution is 2.23. The third kappa shape index (κ3) is 4.17. The lowest BCUT2D eigenvalue weighted by Gasteiger charge is -2.29. The summed E-state index contributed by atoms with van der Waals surface area (Å²) in [7, 11) is 0. The molecule has 6 heteroatoms. The van der Waals surface area contributed by atoms with Crippen LogP contribution in [0.4, 0.5) is 0 Å². The highest BCUT2D eigenvalue weighted by Gasteiger charge is 2.24. The zero-order chi connectivity index (χ0) is 16.1. The van der Waals surface area contributed by atoms with Gasteiger partial charge in [-0.25, -0.2) is 0 Å². The predicted molar refractivity (Wildman–Crippen MR) is 90.6 cm³/mol. The van der Waals surface area contributed by atoms with Crippen LogP contribution in [0.5, 0.6) is 0 Å². The minimum atomic E-state index is -0.542. The van der Waals surface area contributed by atoms with Crippen LogP contribution in [0.3, 0.4) is 0 Å². The van der Waals surface area contributed by atoms with Gasteiger partial charge in [0.1, 0.15) is 6.04 Å². The smallest absolute Gasteiger partial charge is 0.253 e. The summed E-state index contributed by atoms with van der Waals surface area (Å²) in [5.41, 5.74) is 0.409. The van der Waals surface area contributed by atoms with Crippen LogP contribution in [0.25, 0.3) is 0 Å². The van der Waals surface area contributed by atoms with Crippen molar-refractivity contribution in [2.24, 2.45) is 0 Å². The van der Waals surface area contributed by atoms with E-state index in [1.54, 1.807) is 30.8 Å². The zero-order valence-corrected chi connectivity index (χ0v) is 14.5. The summed E-state index contributed by atoms with van der Waals surface area (Å²) in [6, 6.07) is 4.78. The molecule has 0 aromatic heterocycles. The highest BCUT2D eigenvalue weighted by atomic mass is 35.5. The molecule has 1 N–H and O–H groups in total. The van der Waals surface area contributed by atoms with Crippen molar-refractivity contribution in [1.29, 1.82) is 0 Å². The molecule has 120 valence electrons. The monoisotopic (exact) mass is 340 g/mol. The molecule has 1 aromatic rings. The van der Waals surface area contributed by atoms with Gasteiger partial charge in [-0.1, -0.05) is 11.6 Å². The number of halogens is 1. The normalized spacial score (nSPS) is 16.2. The van der Waals surface area contributed by atoms with Gasteiger partial charge < -0.3 is 10.2 Å². The van der Waals surface area contributed by atoms with Crippen molar-refractivity contribution in [3.63, 3.8) is 0 Å². The average molecular weight is 341 g/mol. The highest BCUT2D eigenvalue weighted by molar-refractivity contribution is 7.98. The molecule has 0 aliphatic carbocycles. The lowest BCUT2D eigenvalue weighted by molar-refractivity contribution is -0.133. The van der Waals surface area contributed by atoms with Gasteiger partial charge in [-0.05, 0) is 50.6 Å². The van der Waals surface area contributed by atoms with E-state index in [0.29, 0.717) is 10.6 Å². The fourth-order valence-electron chi connectivity index (χ4n) is 2.53. The molecule has 1 aliphatic rings. The number of likely N-dealkylation sites (tertiary alicyclic amines) is 1. The van der Waals surface area contributed by atoms with E-state index < -0.39 is 6.04 Å². The summed E-state index contributed by atoms with van der Waals surface area (Å²) in [5.74, 6) is -0.330. The number of nitrogens with one attached hydrogen (secondary N) is 1. The molecule has 0 saturated carbocycles. The van der Waals surface area contributed by atoms with Crippen molar-refractivity contribution in [3.05, 3.63) is 28.8 Å². The molecule has 0 spiro atoms. The quantitative estimate of drug-likeness (QED) is 0.856. The Morgan fingerprint density at radius 2 is 1.95 bits per heavy atom. The molecule has 1 aromatic carbocycles. The lowest BCUT2D eigenvalue weighted by atomic mass is 10.1. The van der Waals surface area contributed by atoms with E-state index in [1.165, 1.54) is 6.42 Å². The first kappa shape index (κ1) is 17.2. The maximum Gasteiger partial charge on any atom is 0.253 e. The van der Waals surface area contributed by atoms with E-state index in [-0.39, 0.29) is 11.8 Å². The Kier molecular flexibility index (Phi) is 6.15. The number of benzene rings is 1. The second-order valence-corrected chi connectivity index (χ2v) is 6.71. The summed E-state index contributed by atoms with van der Waals surface area (Å²) in [6.07, 6.45) is 5.18. The average Bonchev–Trinajstić information content (AvgIpc) is 2.55. The van der Waals surface area contributed by atoms with E-state index in [4.69, 9.17) is 11.6 Å². The van der Waals surface area contributed by atoms with Crippen molar-refractivity contribution < 1.29 is 9.59 Å². The van der Waals surface area contributed by atoms with Crippen LogP contribution in [-0.4, -0.2) is 42.1 Å². The number of carbonyl (C=O) groups excluding carboxylic acids is 2. The molecule has 4 nitrogen and oxygen atoms in total. The topological polar surface area (TPSA) is 49.4 Å². The second-order valence-electron chi connectivity index (χ2n) is 5.43. The van der Waals surface area contributed by atoms with E-state index in [2.05, 4.69) is 5.32 Å². The van der Waals surface area contributed by atoms with Crippen molar-refractivity contribution in [3.8, 4) is 0 Å². The van der Waals surface area contributed by atoms with E-state index in [0.717, 1.165) is 30.8 Å². The standard InChI is InChI=1S/C16H21ClN2O2S/c1-11(16(21)19-8-4-3-5-9-19)18-15(20)13-10-12(22-2)6-7-14(13)17/h6-7,10-11H,3-5,8-9H2,1-2H3,(H,18,20)/t11-/m0/s1. The first-order valence-electron chi connectivity index (χ1n) is 7.46. The van der Waals surface area contributed by atoms with Gasteiger partial charge in [0.15, 0.2) is 0 Å². The van der Waals surface area contributed by atoms with E-state index >= 15 is 0 Å². The van der Waals surface area contributed by atoms with Crippen LogP contribution >= 0.6 is 23.4 Å². The predicted octanol–water partition coefficient (Wildman–Crippen LogP) is 3.19. The number of carbonyl (C=O) groups is 2. The number of hydrogen-bond donors (Lipinski definition) is 1. The van der Waals surface area contributed by atoms with E-state index in [9.17, 15) is 9.59 Å². The molecule has 0 bridgehead atoms. The summed E-state index contributed by atoms with van der Waals surface area (Å²) < 4.78 is 0. The van der Waals surface area contributed by atoms with Gasteiger partial charge in [0.2, 0.25) is 5.91 Å². The number of rotatable bonds is 4. The largest absolute Gasteiger partial charge is 0.341 e. The van der Waals surface area contributed by atoms with E-state index in [1.807, 2.05) is 17.2 Å². The number of thioether (sulfide) groups is 1. The minimum absolute atomic E-state index is 0.0230.